The fourth-order valence-electron chi connectivity index (χ4n) is 3.03. The lowest BCUT2D eigenvalue weighted by Crippen LogP contribution is -2.37. The minimum Gasteiger partial charge on any atom is -0.287 e. The van der Waals surface area contributed by atoms with E-state index in [0.717, 1.165) is 11.1 Å². The fraction of sp³-hybridized carbons (Fsp3) is 0.350. The van der Waals surface area contributed by atoms with Gasteiger partial charge >= 0.3 is 5.69 Å². The van der Waals surface area contributed by atoms with Crippen molar-refractivity contribution in [3.8, 4) is 0 Å². The Morgan fingerprint density at radius 3 is 2.31 bits per heavy atom. The van der Waals surface area contributed by atoms with Crippen LogP contribution in [0.15, 0.2) is 39.9 Å². The summed E-state index contributed by atoms with van der Waals surface area (Å²) in [5.74, 6) is -0.245. The molecule has 1 heterocycles. The van der Waals surface area contributed by atoms with Gasteiger partial charge in [0.05, 0.1) is 0 Å². The molecule has 0 saturated carbocycles. The van der Waals surface area contributed by atoms with Crippen LogP contribution in [0.3, 0.4) is 0 Å². The normalized spacial score (nSPS) is 11.5. The van der Waals surface area contributed by atoms with E-state index < -0.39 is 11.2 Å². The number of hydrogen-bond acceptors (Lipinski definition) is 3. The molecule has 1 aromatic carbocycles. The van der Waals surface area contributed by atoms with Gasteiger partial charge in [-0.2, -0.15) is 0 Å². The molecule has 6 heteroatoms. The number of aryl methyl sites for hydroxylation is 2. The van der Waals surface area contributed by atoms with E-state index in [1.54, 1.807) is 24.3 Å². The monoisotopic (exact) mass is 374 g/mol. The number of halogens is 1. The van der Waals surface area contributed by atoms with Gasteiger partial charge in [0.2, 0.25) is 5.78 Å². The molecule has 26 heavy (non-hydrogen) atoms. The third-order valence-corrected chi connectivity index (χ3v) is 4.23. The highest BCUT2D eigenvalue weighted by Gasteiger charge is 2.24. The van der Waals surface area contributed by atoms with Crippen molar-refractivity contribution in [3.05, 3.63) is 79.1 Å². The molecule has 0 saturated heterocycles. The lowest BCUT2D eigenvalue weighted by atomic mass is 9.95. The zero-order chi connectivity index (χ0) is 19.4. The first kappa shape index (κ1) is 19.9. The Balaban J connectivity index is 2.77. The Labute approximate surface area is 157 Å². The van der Waals surface area contributed by atoms with Crippen LogP contribution in [0.4, 0.5) is 0 Å². The average Bonchev–Trinajstić information content (AvgIpc) is 2.54. The molecule has 0 bridgehead atoms. The molecule has 0 fully saturated rings. The Kier molecular flexibility index (Phi) is 6.37. The second-order valence-electron chi connectivity index (χ2n) is 6.62. The quantitative estimate of drug-likeness (QED) is 0.479. The van der Waals surface area contributed by atoms with E-state index >= 15 is 0 Å². The molecular formula is C20H23ClN2O3. The van der Waals surface area contributed by atoms with Crippen LogP contribution in [0, 0.1) is 13.8 Å². The first-order valence-electron chi connectivity index (χ1n) is 8.47. The van der Waals surface area contributed by atoms with Gasteiger partial charge in [-0.05, 0) is 31.9 Å². The minimum atomic E-state index is -0.605. The first-order valence-corrected chi connectivity index (χ1v) is 9.00. The Hall–Kier alpha value is -2.40. The predicted molar refractivity (Wildman–Crippen MR) is 105 cm³/mol. The van der Waals surface area contributed by atoms with Crippen molar-refractivity contribution >= 4 is 17.4 Å². The number of aromatic nitrogens is 2. The topological polar surface area (TPSA) is 71.9 Å². The number of H-pyrrole nitrogens is 1. The number of allylic oxidation sites excluding steroid dienone is 2. The number of nitrogens with zero attached hydrogens (tertiary/aromatic N) is 1. The minimum absolute atomic E-state index is 0.137. The number of hydrogen-bond donors (Lipinski definition) is 1. The molecule has 138 valence electrons. The maximum Gasteiger partial charge on any atom is 0.329 e. The molecule has 0 spiro atoms. The summed E-state index contributed by atoms with van der Waals surface area (Å²) in [7, 11) is 0. The molecule has 5 nitrogen and oxygen atoms in total. The summed E-state index contributed by atoms with van der Waals surface area (Å²) in [6.07, 6.45) is 3.40. The number of nitrogens with one attached hydrogen (secondary N) is 1. The summed E-state index contributed by atoms with van der Waals surface area (Å²) in [5.41, 5.74) is 1.68. The molecule has 0 aliphatic rings. The van der Waals surface area contributed by atoms with E-state index in [4.69, 9.17) is 11.6 Å². The molecule has 1 N–H and O–H groups in total. The lowest BCUT2D eigenvalue weighted by Gasteiger charge is -2.16. The van der Waals surface area contributed by atoms with E-state index in [9.17, 15) is 14.4 Å². The molecule has 2 rings (SSSR count). The van der Waals surface area contributed by atoms with Crippen LogP contribution in [0.1, 0.15) is 52.5 Å². The number of alkyl halides is 1. The van der Waals surface area contributed by atoms with Crippen molar-refractivity contribution in [1.29, 1.82) is 0 Å². The highest BCUT2D eigenvalue weighted by molar-refractivity contribution is 6.18. The number of carbonyl (C=O) groups excluding carboxylic acids is 1. The van der Waals surface area contributed by atoms with E-state index in [-0.39, 0.29) is 23.9 Å². The average molecular weight is 375 g/mol. The third-order valence-electron chi connectivity index (χ3n) is 4.06. The highest BCUT2D eigenvalue weighted by atomic mass is 35.5. The maximum atomic E-state index is 13.3. The van der Waals surface area contributed by atoms with Gasteiger partial charge in [0, 0.05) is 23.6 Å². The summed E-state index contributed by atoms with van der Waals surface area (Å²) in [6, 6.07) is 5.50. The number of ketones is 1. The largest absolute Gasteiger partial charge is 0.329 e. The number of benzene rings is 1. The zero-order valence-electron chi connectivity index (χ0n) is 15.4. The molecule has 0 unspecified atom stereocenters. The van der Waals surface area contributed by atoms with Crippen molar-refractivity contribution in [1.82, 2.24) is 9.55 Å². The van der Waals surface area contributed by atoms with E-state index in [2.05, 4.69) is 4.98 Å². The van der Waals surface area contributed by atoms with E-state index in [0.29, 0.717) is 17.0 Å². The zero-order valence-corrected chi connectivity index (χ0v) is 16.2. The van der Waals surface area contributed by atoms with Gasteiger partial charge in [0.25, 0.3) is 5.56 Å². The smallest absolute Gasteiger partial charge is 0.287 e. The SMILES string of the molecule is Cc1cc(C)cc(C(=O)c2c(C(C)C)c(=O)[nH]c(=O)n2CC=CCCl)c1. The molecular weight excluding hydrogens is 352 g/mol. The van der Waals surface area contributed by atoms with Gasteiger partial charge in [0.15, 0.2) is 0 Å². The second-order valence-corrected chi connectivity index (χ2v) is 6.93. The maximum absolute atomic E-state index is 13.3. The van der Waals surface area contributed by atoms with Crippen LogP contribution in [0.25, 0.3) is 0 Å². The molecule has 0 aliphatic carbocycles. The van der Waals surface area contributed by atoms with Gasteiger partial charge in [0.1, 0.15) is 5.69 Å². The molecule has 2 aromatic rings. The standard InChI is InChI=1S/C20H23ClN2O3/c1-12(2)16-17(18(24)15-10-13(3)9-14(4)11-15)23(8-6-5-7-21)20(26)22-19(16)25/h5-6,9-12H,7-8H2,1-4H3,(H,22,25,26). The molecule has 0 atom stereocenters. The van der Waals surface area contributed by atoms with Crippen molar-refractivity contribution in [2.45, 2.75) is 40.2 Å². The summed E-state index contributed by atoms with van der Waals surface area (Å²) >= 11 is 5.65. The van der Waals surface area contributed by atoms with Crippen LogP contribution in [-0.2, 0) is 6.54 Å². The fourth-order valence-corrected chi connectivity index (χ4v) is 3.15. The van der Waals surface area contributed by atoms with Gasteiger partial charge in [-0.25, -0.2) is 4.79 Å². The lowest BCUT2D eigenvalue weighted by molar-refractivity contribution is 0.102. The summed E-state index contributed by atoms with van der Waals surface area (Å²) in [4.78, 5) is 40.4. The van der Waals surface area contributed by atoms with Gasteiger partial charge < -0.3 is 0 Å². The van der Waals surface area contributed by atoms with Crippen molar-refractivity contribution in [3.63, 3.8) is 0 Å². The summed E-state index contributed by atoms with van der Waals surface area (Å²) < 4.78 is 1.31. The molecule has 1 aromatic heterocycles. The molecule has 0 amide bonds. The number of aromatic amines is 1. The Morgan fingerprint density at radius 1 is 1.15 bits per heavy atom. The van der Waals surface area contributed by atoms with Gasteiger partial charge in [-0.3, -0.25) is 19.1 Å². The number of carbonyl (C=O) groups is 1. The predicted octanol–water partition coefficient (Wildman–Crippen LogP) is 3.30. The third kappa shape index (κ3) is 4.22. The van der Waals surface area contributed by atoms with E-state index in [1.165, 1.54) is 4.57 Å². The first-order chi connectivity index (χ1) is 12.3. The summed E-state index contributed by atoms with van der Waals surface area (Å²) in [5, 5.41) is 0. The Bertz CT molecular complexity index is 948. The van der Waals surface area contributed by atoms with Gasteiger partial charge in [-0.1, -0.05) is 43.2 Å². The second kappa shape index (κ2) is 8.32. The van der Waals surface area contributed by atoms with E-state index in [1.807, 2.05) is 33.8 Å². The van der Waals surface area contributed by atoms with Crippen LogP contribution >= 0.6 is 11.6 Å². The van der Waals surface area contributed by atoms with Crippen LogP contribution in [0.5, 0.6) is 0 Å². The Morgan fingerprint density at radius 2 is 1.77 bits per heavy atom. The van der Waals surface area contributed by atoms with Crippen LogP contribution in [0.2, 0.25) is 0 Å². The molecule has 0 aliphatic heterocycles. The molecule has 0 radical (unpaired) electrons. The van der Waals surface area contributed by atoms with Crippen molar-refractivity contribution in [2.24, 2.45) is 0 Å². The number of rotatable bonds is 6. The van der Waals surface area contributed by atoms with Gasteiger partial charge in [-0.15, -0.1) is 11.6 Å². The van der Waals surface area contributed by atoms with Crippen LogP contribution in [-0.4, -0.2) is 21.2 Å². The van der Waals surface area contributed by atoms with Crippen LogP contribution < -0.4 is 11.2 Å². The highest BCUT2D eigenvalue weighted by Crippen LogP contribution is 2.19. The van der Waals surface area contributed by atoms with Crippen molar-refractivity contribution < 1.29 is 4.79 Å². The summed E-state index contributed by atoms with van der Waals surface area (Å²) in [6.45, 7) is 7.62. The van der Waals surface area contributed by atoms with Crippen molar-refractivity contribution in [2.75, 3.05) is 5.88 Å².